The van der Waals surface area contributed by atoms with Gasteiger partial charge in [0.25, 0.3) is 11.8 Å². The Balaban J connectivity index is 2.16. The molecule has 0 spiro atoms. The Kier molecular flexibility index (Phi) is 8.31. The molecule has 0 aliphatic heterocycles. The average molecular weight is 516 g/mol. The minimum atomic E-state index is -1.15. The summed E-state index contributed by atoms with van der Waals surface area (Å²) in [5, 5.41) is 13.5. The highest BCUT2D eigenvalue weighted by Gasteiger charge is 2.36. The number of phenols is 1. The largest absolute Gasteiger partial charge is 0.508 e. The lowest BCUT2D eigenvalue weighted by Crippen LogP contribution is -2.44. The molecule has 0 unspecified atom stereocenters. The predicted octanol–water partition coefficient (Wildman–Crippen LogP) is 3.73. The Labute approximate surface area is 211 Å². The number of rotatable bonds is 9. The third kappa shape index (κ3) is 6.09. The van der Waals surface area contributed by atoms with Crippen molar-refractivity contribution in [2.75, 3.05) is 17.2 Å². The van der Waals surface area contributed by atoms with E-state index in [1.807, 2.05) is 13.8 Å². The van der Waals surface area contributed by atoms with Crippen LogP contribution < -0.4 is 21.7 Å². The molecular weight excluding hydrogens is 490 g/mol. The maximum atomic E-state index is 13.9. The molecule has 3 rings (SSSR count). The number of nitrogen functional groups attached to an aromatic ring is 1. The van der Waals surface area contributed by atoms with Crippen molar-refractivity contribution in [2.24, 2.45) is 11.7 Å². The molecule has 1 aromatic heterocycles. The Morgan fingerprint density at radius 2 is 1.86 bits per heavy atom. The maximum Gasteiger partial charge on any atom is 0.273 e. The number of nitrogens with zero attached hydrogens (tertiary/aromatic N) is 2. The van der Waals surface area contributed by atoms with Gasteiger partial charge in [0.05, 0.1) is 5.69 Å². The summed E-state index contributed by atoms with van der Waals surface area (Å²) in [5.74, 6) is -1.75. The van der Waals surface area contributed by atoms with Gasteiger partial charge in [-0.25, -0.2) is 0 Å². The molecule has 1 atom stereocenters. The number of primary amides is 1. The molecule has 1 heterocycles. The van der Waals surface area contributed by atoms with Crippen molar-refractivity contribution in [2.45, 2.75) is 26.3 Å². The maximum absolute atomic E-state index is 13.9. The summed E-state index contributed by atoms with van der Waals surface area (Å²) in [4.78, 5) is 40.2. The number of aromatic nitrogens is 1. The van der Waals surface area contributed by atoms with Gasteiger partial charge in [0, 0.05) is 23.3 Å². The number of halogens is 1. The highest BCUT2D eigenvalue weighted by molar-refractivity contribution is 7.09. The van der Waals surface area contributed by atoms with E-state index in [0.29, 0.717) is 34.6 Å². The second-order valence-electron chi connectivity index (χ2n) is 8.26. The van der Waals surface area contributed by atoms with Crippen LogP contribution in [0.1, 0.15) is 52.0 Å². The number of benzene rings is 2. The molecule has 3 aromatic rings. The first-order chi connectivity index (χ1) is 16.6. The second kappa shape index (κ2) is 11.2. The molecule has 0 aliphatic carbocycles. The van der Waals surface area contributed by atoms with Crippen LogP contribution in [-0.4, -0.2) is 33.7 Å². The van der Waals surface area contributed by atoms with E-state index in [-0.39, 0.29) is 27.7 Å². The van der Waals surface area contributed by atoms with E-state index in [1.165, 1.54) is 17.0 Å². The second-order valence-corrected chi connectivity index (χ2v) is 9.47. The van der Waals surface area contributed by atoms with Gasteiger partial charge in [0.15, 0.2) is 5.69 Å². The fourth-order valence-electron chi connectivity index (χ4n) is 3.41. The molecule has 3 amide bonds. The first-order valence-corrected chi connectivity index (χ1v) is 12.0. The summed E-state index contributed by atoms with van der Waals surface area (Å²) in [5.41, 5.74) is 11.7. The van der Waals surface area contributed by atoms with Crippen molar-refractivity contribution in [3.05, 3.63) is 69.7 Å². The molecule has 0 bridgehead atoms. The summed E-state index contributed by atoms with van der Waals surface area (Å²) < 4.78 is 3.91. The van der Waals surface area contributed by atoms with Gasteiger partial charge in [-0.15, -0.1) is 0 Å². The van der Waals surface area contributed by atoms with E-state index in [1.54, 1.807) is 36.4 Å². The predicted molar refractivity (Wildman–Crippen MR) is 137 cm³/mol. The van der Waals surface area contributed by atoms with Crippen LogP contribution in [0.25, 0.3) is 0 Å². The Bertz CT molecular complexity index is 1230. The van der Waals surface area contributed by atoms with Gasteiger partial charge in [-0.05, 0) is 53.7 Å². The number of nitrogens with two attached hydrogens (primary N) is 2. The first kappa shape index (κ1) is 26.0. The number of amides is 3. The number of aromatic hydroxyl groups is 1. The van der Waals surface area contributed by atoms with Crippen LogP contribution in [0, 0.1) is 5.92 Å². The van der Waals surface area contributed by atoms with Gasteiger partial charge >= 0.3 is 0 Å². The first-order valence-electron chi connectivity index (χ1n) is 10.8. The fraction of sp³-hybridized carbons (Fsp3) is 0.250. The van der Waals surface area contributed by atoms with Gasteiger partial charge in [-0.2, -0.15) is 4.37 Å². The van der Waals surface area contributed by atoms with E-state index in [4.69, 9.17) is 23.1 Å². The smallest absolute Gasteiger partial charge is 0.273 e. The van der Waals surface area contributed by atoms with E-state index in [9.17, 15) is 19.5 Å². The molecule has 9 nitrogen and oxygen atoms in total. The highest BCUT2D eigenvalue weighted by Crippen LogP contribution is 2.34. The lowest BCUT2D eigenvalue weighted by molar-refractivity contribution is -0.122. The van der Waals surface area contributed by atoms with Crippen LogP contribution in [0.4, 0.5) is 11.4 Å². The summed E-state index contributed by atoms with van der Waals surface area (Å²) in [7, 11) is 0. The minimum absolute atomic E-state index is 0.0592. The van der Waals surface area contributed by atoms with Gasteiger partial charge < -0.3 is 21.9 Å². The van der Waals surface area contributed by atoms with Crippen molar-refractivity contribution in [3.8, 4) is 5.75 Å². The third-order valence-corrected chi connectivity index (χ3v) is 6.30. The van der Waals surface area contributed by atoms with Gasteiger partial charge in [0.2, 0.25) is 5.91 Å². The quantitative estimate of drug-likeness (QED) is 0.340. The molecule has 6 N–H and O–H groups in total. The van der Waals surface area contributed by atoms with Crippen LogP contribution in [-0.2, 0) is 4.79 Å². The van der Waals surface area contributed by atoms with E-state index in [2.05, 4.69) is 9.69 Å². The summed E-state index contributed by atoms with van der Waals surface area (Å²) >= 11 is 6.77. The standard InChI is InChI=1S/C24H26ClN5O4S/c1-13(2)10-11-28-23(33)20(14-6-8-15(25)9-7-14)30(16-4-3-5-17(31)12-16)24(34)21-18(26)19(22(27)32)29-35-21/h3-9,12-13,20,31H,10-11,26H2,1-2H3,(H2,27,32)(H,28,33)/t20-/m0/s1. The molecule has 2 aromatic carbocycles. The molecule has 35 heavy (non-hydrogen) atoms. The van der Waals surface area contributed by atoms with Crippen molar-refractivity contribution < 1.29 is 19.5 Å². The van der Waals surface area contributed by atoms with Gasteiger partial charge in [-0.1, -0.05) is 43.6 Å². The molecule has 184 valence electrons. The summed E-state index contributed by atoms with van der Waals surface area (Å²) in [6.07, 6.45) is 0.739. The number of phenolic OH excluding ortho intramolecular Hbond substituents is 1. The lowest BCUT2D eigenvalue weighted by Gasteiger charge is -2.31. The van der Waals surface area contributed by atoms with Crippen molar-refractivity contribution >= 4 is 52.2 Å². The molecule has 0 aliphatic rings. The molecule has 0 radical (unpaired) electrons. The normalized spacial score (nSPS) is 11.8. The van der Waals surface area contributed by atoms with Crippen molar-refractivity contribution in [1.82, 2.24) is 9.69 Å². The molecule has 0 saturated carbocycles. The van der Waals surface area contributed by atoms with Crippen LogP contribution in [0.3, 0.4) is 0 Å². The number of hydrogen-bond acceptors (Lipinski definition) is 7. The number of carbonyl (C=O) groups is 3. The molecule has 0 saturated heterocycles. The van der Waals surface area contributed by atoms with Gasteiger partial charge in [-0.3, -0.25) is 19.3 Å². The zero-order chi connectivity index (χ0) is 25.7. The zero-order valence-corrected chi connectivity index (χ0v) is 20.8. The Morgan fingerprint density at radius 3 is 2.43 bits per heavy atom. The number of anilines is 2. The van der Waals surface area contributed by atoms with E-state index >= 15 is 0 Å². The molecular formula is C24H26ClN5O4S. The van der Waals surface area contributed by atoms with Crippen LogP contribution in [0.2, 0.25) is 5.02 Å². The Morgan fingerprint density at radius 1 is 1.17 bits per heavy atom. The fourth-order valence-corrected chi connectivity index (χ4v) is 4.28. The van der Waals surface area contributed by atoms with E-state index < -0.39 is 23.8 Å². The van der Waals surface area contributed by atoms with Crippen LogP contribution in [0.5, 0.6) is 5.75 Å². The van der Waals surface area contributed by atoms with Crippen molar-refractivity contribution in [1.29, 1.82) is 0 Å². The summed E-state index contributed by atoms with van der Waals surface area (Å²) in [6.45, 7) is 4.47. The van der Waals surface area contributed by atoms with Crippen LogP contribution in [0.15, 0.2) is 48.5 Å². The van der Waals surface area contributed by atoms with Gasteiger partial charge in [0.1, 0.15) is 16.7 Å². The lowest BCUT2D eigenvalue weighted by atomic mass is 10.0. The zero-order valence-electron chi connectivity index (χ0n) is 19.2. The topological polar surface area (TPSA) is 152 Å². The summed E-state index contributed by atoms with van der Waals surface area (Å²) in [6, 6.07) is 11.3. The average Bonchev–Trinajstić information content (AvgIpc) is 3.19. The molecule has 0 fully saturated rings. The monoisotopic (exact) mass is 515 g/mol. The number of nitrogens with one attached hydrogen (secondary N) is 1. The highest BCUT2D eigenvalue weighted by atomic mass is 35.5. The van der Waals surface area contributed by atoms with Crippen molar-refractivity contribution in [3.63, 3.8) is 0 Å². The van der Waals surface area contributed by atoms with E-state index in [0.717, 1.165) is 6.42 Å². The molecule has 11 heteroatoms. The van der Waals surface area contributed by atoms with Crippen LogP contribution >= 0.6 is 23.1 Å². The SMILES string of the molecule is CC(C)CCNC(=O)[C@H](c1ccc(Cl)cc1)N(C(=O)c1snc(C(N)=O)c1N)c1cccc(O)c1. The number of hydrogen-bond donors (Lipinski definition) is 4. The number of carbonyl (C=O) groups excluding carboxylic acids is 3. The minimum Gasteiger partial charge on any atom is -0.508 e. The Hall–Kier alpha value is -3.63. The third-order valence-electron chi connectivity index (χ3n) is 5.20.